The first kappa shape index (κ1) is 19.4. The summed E-state index contributed by atoms with van der Waals surface area (Å²) < 4.78 is 28.4. The van der Waals surface area contributed by atoms with E-state index in [4.69, 9.17) is 0 Å². The third-order valence-electron chi connectivity index (χ3n) is 5.57. The third kappa shape index (κ3) is 3.54. The summed E-state index contributed by atoms with van der Waals surface area (Å²) in [6.45, 7) is 2.78. The number of piperazine rings is 1. The Kier molecular flexibility index (Phi) is 4.90. The van der Waals surface area contributed by atoms with Crippen LogP contribution in [0.3, 0.4) is 0 Å². The second-order valence-corrected chi connectivity index (χ2v) is 10.3. The normalized spacial score (nSPS) is 16.4. The van der Waals surface area contributed by atoms with Gasteiger partial charge in [-0.25, -0.2) is 13.4 Å². The van der Waals surface area contributed by atoms with Gasteiger partial charge in [0.1, 0.15) is 11.2 Å². The summed E-state index contributed by atoms with van der Waals surface area (Å²) in [7, 11) is -3.53. The summed E-state index contributed by atoms with van der Waals surface area (Å²) >= 11 is 1.38. The molecule has 5 rings (SSSR count). The van der Waals surface area contributed by atoms with Gasteiger partial charge in [0.25, 0.3) is 5.56 Å². The van der Waals surface area contributed by atoms with Crippen molar-refractivity contribution < 1.29 is 13.3 Å². The number of nitrogens with one attached hydrogen (secondary N) is 2. The molecule has 2 N–H and O–H groups in total. The van der Waals surface area contributed by atoms with Crippen molar-refractivity contribution in [1.29, 1.82) is 0 Å². The lowest BCUT2D eigenvalue weighted by molar-refractivity contribution is -0.917. The maximum Gasteiger partial charge on any atom is 0.269 e. The van der Waals surface area contributed by atoms with Crippen LogP contribution in [0, 0.1) is 0 Å². The Morgan fingerprint density at radius 3 is 2.63 bits per heavy atom. The van der Waals surface area contributed by atoms with Crippen LogP contribution >= 0.6 is 11.3 Å². The van der Waals surface area contributed by atoms with E-state index in [2.05, 4.69) is 9.97 Å². The minimum absolute atomic E-state index is 0.109. The van der Waals surface area contributed by atoms with Gasteiger partial charge in [0.15, 0.2) is 5.82 Å². The van der Waals surface area contributed by atoms with E-state index in [1.54, 1.807) is 16.4 Å². The standard InChI is InChI=1S/C21H20N4O3S2/c26-21-20-18(7-12-29-20)22-19(23-21)14-24-8-10-25(11-9-24)30(27,28)17-6-5-15-3-1-2-4-16(15)13-17/h1-7,12-13H,8-11,14H2,(H,22,23,26)/p+1. The van der Waals surface area contributed by atoms with Gasteiger partial charge in [0.2, 0.25) is 10.0 Å². The van der Waals surface area contributed by atoms with E-state index >= 15 is 0 Å². The Morgan fingerprint density at radius 2 is 1.83 bits per heavy atom. The molecule has 0 amide bonds. The fourth-order valence-corrected chi connectivity index (χ4v) is 6.14. The molecule has 2 aromatic carbocycles. The van der Waals surface area contributed by atoms with E-state index in [1.165, 1.54) is 16.2 Å². The van der Waals surface area contributed by atoms with E-state index in [0.717, 1.165) is 16.3 Å². The largest absolute Gasteiger partial charge is 0.326 e. The lowest BCUT2D eigenvalue weighted by atomic mass is 10.1. The molecule has 7 nitrogen and oxygen atoms in total. The molecule has 0 bridgehead atoms. The van der Waals surface area contributed by atoms with Crippen LogP contribution in [-0.4, -0.2) is 48.9 Å². The lowest BCUT2D eigenvalue weighted by Crippen LogP contribution is -3.13. The molecule has 1 aliphatic rings. The number of fused-ring (bicyclic) bond motifs is 2. The predicted molar refractivity (Wildman–Crippen MR) is 117 cm³/mol. The van der Waals surface area contributed by atoms with Crippen molar-refractivity contribution in [2.45, 2.75) is 11.4 Å². The minimum atomic E-state index is -3.53. The number of aromatic nitrogens is 2. The van der Waals surface area contributed by atoms with E-state index in [1.807, 2.05) is 41.8 Å². The van der Waals surface area contributed by atoms with Gasteiger partial charge in [-0.15, -0.1) is 11.3 Å². The molecule has 1 saturated heterocycles. The van der Waals surface area contributed by atoms with Crippen LogP contribution in [0.15, 0.2) is 63.6 Å². The zero-order valence-corrected chi connectivity index (χ0v) is 17.8. The van der Waals surface area contributed by atoms with Crippen molar-refractivity contribution in [3.05, 3.63) is 70.1 Å². The number of sulfonamides is 1. The maximum absolute atomic E-state index is 13.1. The van der Waals surface area contributed by atoms with E-state index < -0.39 is 10.0 Å². The Morgan fingerprint density at radius 1 is 1.07 bits per heavy atom. The van der Waals surface area contributed by atoms with Crippen LogP contribution in [0.1, 0.15) is 5.82 Å². The summed E-state index contributed by atoms with van der Waals surface area (Å²) in [5.41, 5.74) is 0.609. The first-order valence-corrected chi connectivity index (χ1v) is 12.1. The molecule has 1 aliphatic heterocycles. The van der Waals surface area contributed by atoms with Gasteiger partial charge in [0, 0.05) is 0 Å². The molecule has 30 heavy (non-hydrogen) atoms. The third-order valence-corrected chi connectivity index (χ3v) is 8.37. The van der Waals surface area contributed by atoms with Crippen LogP contribution in [0.2, 0.25) is 0 Å². The Bertz CT molecular complexity index is 1390. The molecule has 9 heteroatoms. The highest BCUT2D eigenvalue weighted by Gasteiger charge is 2.30. The Labute approximate surface area is 177 Å². The maximum atomic E-state index is 13.1. The molecule has 0 unspecified atom stereocenters. The fourth-order valence-electron chi connectivity index (χ4n) is 3.94. The second-order valence-electron chi connectivity index (χ2n) is 7.49. The van der Waals surface area contributed by atoms with Crippen LogP contribution < -0.4 is 10.5 Å². The van der Waals surface area contributed by atoms with Gasteiger partial charge in [0.05, 0.1) is 36.6 Å². The molecule has 0 radical (unpaired) electrons. The van der Waals surface area contributed by atoms with Crippen molar-refractivity contribution in [2.75, 3.05) is 26.2 Å². The molecule has 0 aliphatic carbocycles. The number of nitrogens with zero attached hydrogens (tertiary/aromatic N) is 2. The molecule has 1 fully saturated rings. The zero-order valence-electron chi connectivity index (χ0n) is 16.2. The van der Waals surface area contributed by atoms with Crippen molar-refractivity contribution >= 4 is 42.3 Å². The monoisotopic (exact) mass is 441 g/mol. The van der Waals surface area contributed by atoms with Crippen LogP contribution in [0.25, 0.3) is 21.0 Å². The van der Waals surface area contributed by atoms with Crippen LogP contribution in [-0.2, 0) is 16.6 Å². The van der Waals surface area contributed by atoms with Gasteiger partial charge < -0.3 is 9.88 Å². The molecular formula is C21H21N4O3S2+. The number of quaternary nitrogens is 1. The van der Waals surface area contributed by atoms with Crippen molar-refractivity contribution in [2.24, 2.45) is 0 Å². The van der Waals surface area contributed by atoms with Gasteiger partial charge in [-0.2, -0.15) is 4.31 Å². The number of hydrogen-bond acceptors (Lipinski definition) is 5. The summed E-state index contributed by atoms with van der Waals surface area (Å²) in [4.78, 5) is 21.1. The first-order valence-electron chi connectivity index (χ1n) is 9.80. The average molecular weight is 442 g/mol. The summed E-state index contributed by atoms with van der Waals surface area (Å²) in [5, 5.41) is 3.80. The van der Waals surface area contributed by atoms with Gasteiger partial charge in [-0.1, -0.05) is 30.3 Å². The second kappa shape index (κ2) is 7.59. The van der Waals surface area contributed by atoms with Gasteiger partial charge >= 0.3 is 0 Å². The van der Waals surface area contributed by atoms with Crippen molar-refractivity contribution in [1.82, 2.24) is 14.3 Å². The quantitative estimate of drug-likeness (QED) is 0.499. The number of aromatic amines is 1. The molecule has 3 heterocycles. The Hall–Kier alpha value is -2.59. The zero-order chi connectivity index (χ0) is 20.7. The number of hydrogen-bond donors (Lipinski definition) is 2. The number of rotatable bonds is 4. The molecule has 2 aromatic heterocycles. The number of benzene rings is 2. The van der Waals surface area contributed by atoms with Crippen LogP contribution in [0.5, 0.6) is 0 Å². The van der Waals surface area contributed by atoms with Gasteiger partial charge in [-0.05, 0) is 34.4 Å². The molecule has 4 aromatic rings. The highest BCUT2D eigenvalue weighted by atomic mass is 32.2. The highest BCUT2D eigenvalue weighted by molar-refractivity contribution is 7.89. The van der Waals surface area contributed by atoms with E-state index in [-0.39, 0.29) is 5.56 Å². The molecular weight excluding hydrogens is 420 g/mol. The van der Waals surface area contributed by atoms with E-state index in [9.17, 15) is 13.2 Å². The van der Waals surface area contributed by atoms with Crippen molar-refractivity contribution in [3.63, 3.8) is 0 Å². The van der Waals surface area contributed by atoms with Crippen molar-refractivity contribution in [3.8, 4) is 0 Å². The SMILES string of the molecule is O=c1[nH]c(C[NH+]2CCN(S(=O)(=O)c3ccc4ccccc4c3)CC2)nc2ccsc12. The summed E-state index contributed by atoms with van der Waals surface area (Å²) in [6, 6.07) is 14.9. The smallest absolute Gasteiger partial charge is 0.269 e. The fraction of sp³-hybridized carbons (Fsp3) is 0.238. The molecule has 0 saturated carbocycles. The van der Waals surface area contributed by atoms with Crippen LogP contribution in [0.4, 0.5) is 0 Å². The summed E-state index contributed by atoms with van der Waals surface area (Å²) in [5.74, 6) is 0.645. The topological polar surface area (TPSA) is 87.6 Å². The molecule has 0 spiro atoms. The number of thiophene rings is 1. The van der Waals surface area contributed by atoms with E-state index in [0.29, 0.717) is 48.1 Å². The predicted octanol–water partition coefficient (Wildman–Crippen LogP) is 1.23. The first-order chi connectivity index (χ1) is 14.5. The van der Waals surface area contributed by atoms with Gasteiger partial charge in [-0.3, -0.25) is 4.79 Å². The Balaban J connectivity index is 1.30. The number of H-pyrrole nitrogens is 1. The molecule has 0 atom stereocenters. The highest BCUT2D eigenvalue weighted by Crippen LogP contribution is 2.22. The minimum Gasteiger partial charge on any atom is -0.326 e. The average Bonchev–Trinajstić information content (AvgIpc) is 3.23. The summed E-state index contributed by atoms with van der Waals surface area (Å²) in [6.07, 6.45) is 0. The lowest BCUT2D eigenvalue weighted by Gasteiger charge is -2.31. The molecule has 154 valence electrons.